The van der Waals surface area contributed by atoms with Crippen LogP contribution in [0.15, 0.2) is 66.7 Å². The predicted molar refractivity (Wildman–Crippen MR) is 77.9 cm³/mol. The van der Waals surface area contributed by atoms with Gasteiger partial charge in [-0.25, -0.2) is 0 Å². The number of para-hydroxylation sites is 1. The van der Waals surface area contributed by atoms with Gasteiger partial charge >= 0.3 is 4.96 Å². The summed E-state index contributed by atoms with van der Waals surface area (Å²) < 4.78 is 0. The molecule has 90 valence electrons. The Bertz CT molecular complexity index is 327. The van der Waals surface area contributed by atoms with Crippen LogP contribution in [0.25, 0.3) is 0 Å². The summed E-state index contributed by atoms with van der Waals surface area (Å²) in [6.45, 7) is 0. The van der Waals surface area contributed by atoms with Gasteiger partial charge in [0.05, 0.1) is 0 Å². The second-order valence-corrected chi connectivity index (χ2v) is 4.72. The van der Waals surface area contributed by atoms with Gasteiger partial charge in [0.25, 0.3) is 0 Å². The minimum Gasteiger partial charge on any atom is -0.508 e. The molecule has 0 saturated heterocycles. The van der Waals surface area contributed by atoms with E-state index in [1.54, 1.807) is 24.3 Å². The van der Waals surface area contributed by atoms with E-state index in [4.69, 9.17) is 39.5 Å². The molecule has 2 rings (SSSR count). The van der Waals surface area contributed by atoms with E-state index in [2.05, 4.69) is 0 Å². The summed E-state index contributed by atoms with van der Waals surface area (Å²) >= 11 is 14.4. The van der Waals surface area contributed by atoms with Crippen LogP contribution in [0, 0.1) is 0 Å². The molecule has 0 aromatic heterocycles. The molecule has 0 spiro atoms. The minimum atomic E-state index is -0.750. The average molecular weight is 289 g/mol. The fraction of sp³-hybridized carbons (Fsp3) is 0. The van der Waals surface area contributed by atoms with Gasteiger partial charge in [-0.1, -0.05) is 54.6 Å². The van der Waals surface area contributed by atoms with Gasteiger partial charge in [0.2, 0.25) is 0 Å². The van der Waals surface area contributed by atoms with E-state index in [1.165, 1.54) is 0 Å². The van der Waals surface area contributed by atoms with E-state index >= 15 is 0 Å². The first-order valence-electron chi connectivity index (χ1n) is 4.79. The third-order valence-corrected chi connectivity index (χ3v) is 1.42. The van der Waals surface area contributed by atoms with Crippen molar-refractivity contribution in [2.24, 2.45) is 0 Å². The van der Waals surface area contributed by atoms with Crippen molar-refractivity contribution in [2.75, 3.05) is 0 Å². The summed E-state index contributed by atoms with van der Waals surface area (Å²) in [5.74, 6) is 0.322. The number of hydrogen-bond acceptors (Lipinski definition) is 1. The molecule has 0 bridgehead atoms. The Hall–Kier alpha value is -0.825. The molecule has 0 atom stereocenters. The number of phenols is 1. The van der Waals surface area contributed by atoms with Gasteiger partial charge in [-0.15, -0.1) is 0 Å². The lowest BCUT2D eigenvalue weighted by molar-refractivity contribution is 0.475. The molecule has 0 aliphatic carbocycles. The third-order valence-electron chi connectivity index (χ3n) is 1.42. The van der Waals surface area contributed by atoms with Crippen molar-refractivity contribution in [3.8, 4) is 5.75 Å². The molecular weight excluding hydrogens is 277 g/mol. The van der Waals surface area contributed by atoms with Gasteiger partial charge in [-0.3, -0.25) is 0 Å². The number of halogens is 3. The highest BCUT2D eigenvalue weighted by Crippen LogP contribution is 2.02. The maximum atomic E-state index is 8.63. The average Bonchev–Trinajstić information content (AvgIpc) is 2.32. The van der Waals surface area contributed by atoms with Crippen molar-refractivity contribution in [2.45, 2.75) is 0 Å². The lowest BCUT2D eigenvalue weighted by Crippen LogP contribution is -1.66. The van der Waals surface area contributed by atoms with Crippen LogP contribution in [0.4, 0.5) is 0 Å². The van der Waals surface area contributed by atoms with Gasteiger partial charge in [-0.05, 0) is 12.1 Å². The zero-order valence-electron chi connectivity index (χ0n) is 9.01. The highest BCUT2D eigenvalue weighted by atomic mass is 35.6. The molecule has 0 heterocycles. The number of rotatable bonds is 0. The molecule has 0 aliphatic rings. The standard InChI is InChI=1S/C6H6O.C6H6.BCl3/c7-6-4-2-1-3-5-6;1-2-4-6-5-3-1;2-1(3)4/h1-5,7H;1-6H;. The summed E-state index contributed by atoms with van der Waals surface area (Å²) in [4.78, 5) is -0.750. The van der Waals surface area contributed by atoms with Gasteiger partial charge in [0, 0.05) is 0 Å². The van der Waals surface area contributed by atoms with Crippen LogP contribution < -0.4 is 0 Å². The van der Waals surface area contributed by atoms with E-state index in [-0.39, 0.29) is 0 Å². The minimum absolute atomic E-state index is 0.322. The van der Waals surface area contributed by atoms with Crippen LogP contribution in [-0.2, 0) is 0 Å². The topological polar surface area (TPSA) is 20.2 Å². The van der Waals surface area contributed by atoms with Crippen molar-refractivity contribution in [3.63, 3.8) is 0 Å². The maximum absolute atomic E-state index is 8.63. The summed E-state index contributed by atoms with van der Waals surface area (Å²) in [5, 5.41) is 8.63. The Morgan fingerprint density at radius 2 is 0.882 bits per heavy atom. The van der Waals surface area contributed by atoms with Crippen LogP contribution in [0.2, 0.25) is 0 Å². The Kier molecular flexibility index (Phi) is 11.1. The number of benzene rings is 2. The third kappa shape index (κ3) is 15.2. The summed E-state index contributed by atoms with van der Waals surface area (Å²) in [5.41, 5.74) is 0. The van der Waals surface area contributed by atoms with E-state index in [1.807, 2.05) is 42.5 Å². The molecule has 0 saturated carbocycles. The normalized spacial score (nSPS) is 7.94. The molecule has 17 heavy (non-hydrogen) atoms. The SMILES string of the molecule is ClB(Cl)Cl.Oc1ccccc1.c1ccccc1. The van der Waals surface area contributed by atoms with Crippen LogP contribution in [0.3, 0.4) is 0 Å². The zero-order chi connectivity index (χ0) is 12.9. The Morgan fingerprint density at radius 1 is 0.647 bits per heavy atom. The van der Waals surface area contributed by atoms with Gasteiger partial charge in [0.15, 0.2) is 0 Å². The number of aromatic hydroxyl groups is 1. The first kappa shape index (κ1) is 16.2. The van der Waals surface area contributed by atoms with E-state index in [0.29, 0.717) is 5.75 Å². The van der Waals surface area contributed by atoms with E-state index in [0.717, 1.165) is 0 Å². The van der Waals surface area contributed by atoms with Crippen LogP contribution >= 0.6 is 34.4 Å². The molecule has 0 radical (unpaired) electrons. The van der Waals surface area contributed by atoms with Gasteiger partial charge in [0.1, 0.15) is 5.75 Å². The Morgan fingerprint density at radius 3 is 1.06 bits per heavy atom. The van der Waals surface area contributed by atoms with Crippen molar-refractivity contribution in [1.82, 2.24) is 0 Å². The highest BCUT2D eigenvalue weighted by Gasteiger charge is 1.91. The van der Waals surface area contributed by atoms with Crippen molar-refractivity contribution in [3.05, 3.63) is 66.7 Å². The molecule has 2 aromatic rings. The lowest BCUT2D eigenvalue weighted by Gasteiger charge is -1.82. The summed E-state index contributed by atoms with van der Waals surface area (Å²) in [6, 6.07) is 20.7. The number of phenolic OH excluding ortho intramolecular Hbond substituents is 1. The summed E-state index contributed by atoms with van der Waals surface area (Å²) in [6.07, 6.45) is 0. The molecule has 2 aromatic carbocycles. The fourth-order valence-corrected chi connectivity index (χ4v) is 0.813. The predicted octanol–water partition coefficient (Wildman–Crippen LogP) is 4.77. The molecule has 0 fully saturated rings. The van der Waals surface area contributed by atoms with Crippen LogP contribution in [0.1, 0.15) is 0 Å². The Labute approximate surface area is 117 Å². The maximum Gasteiger partial charge on any atom is 0.450 e. The second-order valence-electron chi connectivity index (χ2n) is 2.74. The van der Waals surface area contributed by atoms with E-state index < -0.39 is 4.96 Å². The quantitative estimate of drug-likeness (QED) is 0.693. The zero-order valence-corrected chi connectivity index (χ0v) is 11.3. The van der Waals surface area contributed by atoms with Gasteiger partial charge in [-0.2, -0.15) is 34.4 Å². The van der Waals surface area contributed by atoms with Crippen molar-refractivity contribution >= 4 is 39.3 Å². The highest BCUT2D eigenvalue weighted by molar-refractivity contribution is 7.54. The molecule has 0 aliphatic heterocycles. The van der Waals surface area contributed by atoms with Gasteiger partial charge < -0.3 is 5.11 Å². The second kappa shape index (κ2) is 11.7. The van der Waals surface area contributed by atoms with Crippen molar-refractivity contribution < 1.29 is 5.11 Å². The summed E-state index contributed by atoms with van der Waals surface area (Å²) in [7, 11) is 0. The first-order valence-corrected chi connectivity index (χ1v) is 6.10. The molecular formula is C12H12BCl3O. The van der Waals surface area contributed by atoms with E-state index in [9.17, 15) is 0 Å². The number of hydrogen-bond donors (Lipinski definition) is 1. The van der Waals surface area contributed by atoms with Crippen molar-refractivity contribution in [1.29, 1.82) is 0 Å². The Balaban J connectivity index is 0.000000236. The lowest BCUT2D eigenvalue weighted by atomic mass is 10.3. The fourth-order valence-electron chi connectivity index (χ4n) is 0.813. The monoisotopic (exact) mass is 288 g/mol. The molecule has 1 nitrogen and oxygen atoms in total. The first-order chi connectivity index (χ1) is 8.13. The molecule has 0 amide bonds. The molecule has 1 N–H and O–H groups in total. The van der Waals surface area contributed by atoms with Crippen LogP contribution in [0.5, 0.6) is 5.75 Å². The molecule has 0 unspecified atom stereocenters. The van der Waals surface area contributed by atoms with Crippen LogP contribution in [-0.4, -0.2) is 10.1 Å². The largest absolute Gasteiger partial charge is 0.508 e. The smallest absolute Gasteiger partial charge is 0.450 e. The molecule has 5 heteroatoms.